The van der Waals surface area contributed by atoms with E-state index in [1.165, 1.54) is 12.8 Å². The first-order valence-corrected chi connectivity index (χ1v) is 10.5. The molecule has 0 saturated heterocycles. The van der Waals surface area contributed by atoms with Gasteiger partial charge in [0.15, 0.2) is 5.43 Å². The maximum atomic E-state index is 13.2. The second-order valence-electron chi connectivity index (χ2n) is 7.76. The molecule has 5 rings (SSSR count). The minimum Gasteiger partial charge on any atom is -0.380 e. The molecule has 2 aromatic heterocycles. The summed E-state index contributed by atoms with van der Waals surface area (Å²) >= 11 is 0. The zero-order valence-electron chi connectivity index (χ0n) is 16.7. The van der Waals surface area contributed by atoms with Crippen LogP contribution < -0.4 is 16.1 Å². The molecule has 0 atom stereocenters. The molecule has 2 heterocycles. The van der Waals surface area contributed by atoms with Crippen molar-refractivity contribution in [2.45, 2.75) is 31.7 Å². The van der Waals surface area contributed by atoms with Crippen LogP contribution >= 0.6 is 0 Å². The van der Waals surface area contributed by atoms with Crippen molar-refractivity contribution >= 4 is 28.1 Å². The van der Waals surface area contributed by atoms with E-state index in [2.05, 4.69) is 20.2 Å². The highest BCUT2D eigenvalue weighted by Crippen LogP contribution is 2.29. The van der Waals surface area contributed by atoms with Crippen molar-refractivity contribution in [1.29, 1.82) is 0 Å². The second kappa shape index (κ2) is 8.03. The van der Waals surface area contributed by atoms with Crippen molar-refractivity contribution in [2.75, 3.05) is 10.6 Å². The van der Waals surface area contributed by atoms with E-state index in [1.54, 1.807) is 18.5 Å². The quantitative estimate of drug-likeness (QED) is 0.469. The monoisotopic (exact) mass is 396 g/mol. The van der Waals surface area contributed by atoms with Gasteiger partial charge in [-0.15, -0.1) is 0 Å². The Balaban J connectivity index is 1.71. The summed E-state index contributed by atoms with van der Waals surface area (Å²) in [4.78, 5) is 17.7. The third kappa shape index (κ3) is 3.54. The van der Waals surface area contributed by atoms with Crippen molar-refractivity contribution < 1.29 is 0 Å². The predicted octanol–water partition coefficient (Wildman–Crippen LogP) is 5.48. The van der Waals surface area contributed by atoms with Crippen LogP contribution in [0.15, 0.2) is 83.9 Å². The standard InChI is InChI=1S/C25H24N4O/c30-23-15-24(28-19-9-3-1-4-10-19)29(20-13-5-2-6-14-20)22-17-26-16-21(25(22)23)27-18-11-7-8-12-18/h1-6,9-10,13-18,27-28H,7-8,11-12H2. The minimum absolute atomic E-state index is 0.0153. The molecule has 4 aromatic rings. The van der Waals surface area contributed by atoms with Crippen LogP contribution in [0, 0.1) is 0 Å². The highest BCUT2D eigenvalue weighted by Gasteiger charge is 2.19. The van der Waals surface area contributed by atoms with Crippen LogP contribution in [0.25, 0.3) is 16.6 Å². The van der Waals surface area contributed by atoms with Gasteiger partial charge in [0.1, 0.15) is 5.82 Å². The minimum atomic E-state index is -0.0153. The van der Waals surface area contributed by atoms with Crippen LogP contribution in [0.5, 0.6) is 0 Å². The summed E-state index contributed by atoms with van der Waals surface area (Å²) in [5.74, 6) is 0.713. The van der Waals surface area contributed by atoms with Crippen LogP contribution in [0.1, 0.15) is 25.7 Å². The average Bonchev–Trinajstić information content (AvgIpc) is 3.28. The topological polar surface area (TPSA) is 59.0 Å². The molecule has 5 heteroatoms. The predicted molar refractivity (Wildman–Crippen MR) is 123 cm³/mol. The third-order valence-corrected chi connectivity index (χ3v) is 5.70. The molecule has 1 saturated carbocycles. The summed E-state index contributed by atoms with van der Waals surface area (Å²) < 4.78 is 2.07. The van der Waals surface area contributed by atoms with E-state index in [9.17, 15) is 4.79 Å². The van der Waals surface area contributed by atoms with Crippen molar-refractivity contribution in [1.82, 2.24) is 9.55 Å². The molecule has 2 aromatic carbocycles. The number of rotatable bonds is 5. The van der Waals surface area contributed by atoms with Gasteiger partial charge in [-0.1, -0.05) is 49.2 Å². The number of anilines is 3. The molecular weight excluding hydrogens is 372 g/mol. The molecule has 0 bridgehead atoms. The van der Waals surface area contributed by atoms with E-state index in [-0.39, 0.29) is 5.43 Å². The molecule has 5 nitrogen and oxygen atoms in total. The molecule has 1 aliphatic rings. The first kappa shape index (κ1) is 18.4. The highest BCUT2D eigenvalue weighted by molar-refractivity contribution is 5.93. The van der Waals surface area contributed by atoms with Crippen molar-refractivity contribution in [3.63, 3.8) is 0 Å². The Kier molecular flexibility index (Phi) is 4.93. The first-order valence-electron chi connectivity index (χ1n) is 10.5. The van der Waals surface area contributed by atoms with Crippen LogP contribution in [0.2, 0.25) is 0 Å². The molecule has 0 aliphatic heterocycles. The van der Waals surface area contributed by atoms with E-state index in [0.717, 1.165) is 35.4 Å². The molecule has 1 fully saturated rings. The summed E-state index contributed by atoms with van der Waals surface area (Å²) in [5, 5.41) is 7.67. The van der Waals surface area contributed by atoms with Crippen LogP contribution in [0.3, 0.4) is 0 Å². The number of hydrogen-bond donors (Lipinski definition) is 2. The zero-order valence-corrected chi connectivity index (χ0v) is 16.7. The average molecular weight is 396 g/mol. The number of fused-ring (bicyclic) bond motifs is 1. The largest absolute Gasteiger partial charge is 0.380 e. The lowest BCUT2D eigenvalue weighted by molar-refractivity contribution is 0.756. The summed E-state index contributed by atoms with van der Waals surface area (Å²) in [6.07, 6.45) is 8.29. The summed E-state index contributed by atoms with van der Waals surface area (Å²) in [5.41, 5.74) is 3.49. The SMILES string of the molecule is O=c1cc(Nc2ccccc2)n(-c2ccccc2)c2cncc(NC3CCCC3)c12. The fourth-order valence-corrected chi connectivity index (χ4v) is 4.28. The number of nitrogens with zero attached hydrogens (tertiary/aromatic N) is 2. The summed E-state index contributed by atoms with van der Waals surface area (Å²) in [7, 11) is 0. The Bertz CT molecular complexity index is 1210. The van der Waals surface area contributed by atoms with Crippen LogP contribution in [-0.2, 0) is 0 Å². The molecular formula is C25H24N4O. The van der Waals surface area contributed by atoms with E-state index in [4.69, 9.17) is 0 Å². The lowest BCUT2D eigenvalue weighted by atomic mass is 10.1. The van der Waals surface area contributed by atoms with Gasteiger partial charge in [0.25, 0.3) is 0 Å². The zero-order chi connectivity index (χ0) is 20.3. The number of benzene rings is 2. The maximum Gasteiger partial charge on any atom is 0.193 e. The van der Waals surface area contributed by atoms with Gasteiger partial charge in [-0.05, 0) is 37.1 Å². The van der Waals surface area contributed by atoms with Crippen molar-refractivity contribution in [3.05, 3.63) is 89.3 Å². The smallest absolute Gasteiger partial charge is 0.193 e. The Morgan fingerprint density at radius 2 is 1.60 bits per heavy atom. The molecule has 150 valence electrons. The van der Waals surface area contributed by atoms with Crippen LogP contribution in [-0.4, -0.2) is 15.6 Å². The van der Waals surface area contributed by atoms with Crippen molar-refractivity contribution in [2.24, 2.45) is 0 Å². The molecule has 0 unspecified atom stereocenters. The van der Waals surface area contributed by atoms with Crippen molar-refractivity contribution in [3.8, 4) is 5.69 Å². The van der Waals surface area contributed by atoms with Gasteiger partial charge >= 0.3 is 0 Å². The first-order chi connectivity index (χ1) is 14.8. The number of aromatic nitrogens is 2. The fourth-order valence-electron chi connectivity index (χ4n) is 4.28. The fraction of sp³-hybridized carbons (Fsp3) is 0.200. The Morgan fingerprint density at radius 1 is 0.900 bits per heavy atom. The molecule has 0 spiro atoms. The van der Waals surface area contributed by atoms with Gasteiger partial charge in [0.2, 0.25) is 0 Å². The second-order valence-corrected chi connectivity index (χ2v) is 7.76. The lowest BCUT2D eigenvalue weighted by Crippen LogP contribution is -2.19. The summed E-state index contributed by atoms with van der Waals surface area (Å²) in [6, 6.07) is 22.0. The number of para-hydroxylation sites is 2. The Morgan fingerprint density at radius 3 is 2.33 bits per heavy atom. The van der Waals surface area contributed by atoms with Gasteiger partial charge in [-0.25, -0.2) is 0 Å². The van der Waals surface area contributed by atoms with E-state index >= 15 is 0 Å². The van der Waals surface area contributed by atoms with Gasteiger partial charge in [0.05, 0.1) is 29.0 Å². The highest BCUT2D eigenvalue weighted by atomic mass is 16.1. The molecule has 30 heavy (non-hydrogen) atoms. The molecule has 1 aliphatic carbocycles. The van der Waals surface area contributed by atoms with E-state index in [1.807, 2.05) is 60.7 Å². The van der Waals surface area contributed by atoms with E-state index < -0.39 is 0 Å². The van der Waals surface area contributed by atoms with Gasteiger partial charge in [-0.2, -0.15) is 0 Å². The van der Waals surface area contributed by atoms with E-state index in [0.29, 0.717) is 17.2 Å². The van der Waals surface area contributed by atoms with Gasteiger partial charge in [-0.3, -0.25) is 14.3 Å². The van der Waals surface area contributed by atoms with Gasteiger partial charge in [0, 0.05) is 23.5 Å². The number of hydrogen-bond acceptors (Lipinski definition) is 4. The number of pyridine rings is 2. The Hall–Kier alpha value is -3.60. The molecule has 0 amide bonds. The maximum absolute atomic E-state index is 13.2. The Labute approximate surface area is 175 Å². The third-order valence-electron chi connectivity index (χ3n) is 5.70. The molecule has 0 radical (unpaired) electrons. The normalized spacial score (nSPS) is 14.1. The molecule has 2 N–H and O–H groups in total. The van der Waals surface area contributed by atoms with Crippen LogP contribution in [0.4, 0.5) is 17.2 Å². The summed E-state index contributed by atoms with van der Waals surface area (Å²) in [6.45, 7) is 0. The van der Waals surface area contributed by atoms with Gasteiger partial charge < -0.3 is 10.6 Å². The lowest BCUT2D eigenvalue weighted by Gasteiger charge is -2.20. The number of nitrogens with one attached hydrogen (secondary N) is 2.